The van der Waals surface area contributed by atoms with Crippen LogP contribution in [0.3, 0.4) is 0 Å². The minimum atomic E-state index is -1.24. The van der Waals surface area contributed by atoms with E-state index in [4.69, 9.17) is 26.7 Å². The van der Waals surface area contributed by atoms with E-state index in [1.54, 1.807) is 7.05 Å². The van der Waals surface area contributed by atoms with Gasteiger partial charge in [-0.3, -0.25) is 9.69 Å². The normalized spacial score (nSPS) is 25.9. The van der Waals surface area contributed by atoms with Gasteiger partial charge in [0.25, 0.3) is 0 Å². The van der Waals surface area contributed by atoms with Gasteiger partial charge in [-0.2, -0.15) is 0 Å². The maximum absolute atomic E-state index is 14.8. The van der Waals surface area contributed by atoms with Crippen LogP contribution in [0.15, 0.2) is 47.4 Å². The van der Waals surface area contributed by atoms with Crippen LogP contribution in [-0.2, 0) is 15.1 Å². The fourth-order valence-electron chi connectivity index (χ4n) is 3.41. The van der Waals surface area contributed by atoms with Gasteiger partial charge in [0.15, 0.2) is 5.96 Å². The molecule has 2 aliphatic heterocycles. The average molecular weight is 417 g/mol. The lowest BCUT2D eigenvalue weighted by Gasteiger charge is -2.45. The number of hydrogen-bond acceptors (Lipinski definition) is 7. The maximum Gasteiger partial charge on any atom is 0.235 e. The molecule has 0 radical (unpaired) electrons. The van der Waals surface area contributed by atoms with Gasteiger partial charge in [0, 0.05) is 25.4 Å². The Morgan fingerprint density at radius 2 is 2.10 bits per heavy atom. The zero-order chi connectivity index (χ0) is 21.7. The molecule has 3 aliphatic rings. The summed E-state index contributed by atoms with van der Waals surface area (Å²) < 4.78 is 26.0. The van der Waals surface area contributed by atoms with Crippen molar-refractivity contribution < 1.29 is 18.7 Å². The number of ether oxygens (including phenoxy) is 2. The first kappa shape index (κ1) is 21.6. The van der Waals surface area contributed by atoms with E-state index in [2.05, 4.69) is 4.99 Å². The first-order chi connectivity index (χ1) is 14.4. The first-order valence-corrected chi connectivity index (χ1v) is 9.91. The Kier molecular flexibility index (Phi) is 6.61. The molecular formula is C21H28FN5O3. The van der Waals surface area contributed by atoms with Crippen molar-refractivity contribution in [1.29, 1.82) is 0 Å². The lowest BCUT2D eigenvalue weighted by Crippen LogP contribution is -2.58. The highest BCUT2D eigenvalue weighted by atomic mass is 19.1. The van der Waals surface area contributed by atoms with Crippen LogP contribution in [0.5, 0.6) is 5.75 Å². The average Bonchev–Trinajstić information content (AvgIpc) is 3.62. The highest BCUT2D eigenvalue weighted by Crippen LogP contribution is 2.44. The predicted molar refractivity (Wildman–Crippen MR) is 111 cm³/mol. The second kappa shape index (κ2) is 9.17. The number of benzene rings is 1. The standard InChI is InChI=1S/C18H22FN5O3.C3H6/c1-24-16(25)13-5-7-26-10-18(13,23-17(24)22)14-8-11(2-3-15(14)19)27-12(9-21)4-6-20;1-2-3-1/h2-4,6,8-9,13H,5,7,10,20-21H2,1H3,(H2,22,23);1-3H2/b6-4-,12-9+;. The fourth-order valence-corrected chi connectivity index (χ4v) is 3.41. The van der Waals surface area contributed by atoms with Gasteiger partial charge in [-0.25, -0.2) is 9.38 Å². The number of carbonyl (C=O) groups excluding carboxylic acids is 1. The van der Waals surface area contributed by atoms with Crippen molar-refractivity contribution in [1.82, 2.24) is 4.90 Å². The molecule has 1 saturated carbocycles. The Morgan fingerprint density at radius 1 is 1.37 bits per heavy atom. The molecule has 2 heterocycles. The van der Waals surface area contributed by atoms with Crippen LogP contribution >= 0.6 is 0 Å². The second-order valence-corrected chi connectivity index (χ2v) is 7.42. The third-order valence-electron chi connectivity index (χ3n) is 5.15. The summed E-state index contributed by atoms with van der Waals surface area (Å²) in [5, 5.41) is 0. The number of amides is 1. The van der Waals surface area contributed by atoms with E-state index in [1.165, 1.54) is 60.8 Å². The summed E-state index contributed by atoms with van der Waals surface area (Å²) in [5.41, 5.74) is 15.7. The van der Waals surface area contributed by atoms with Gasteiger partial charge < -0.3 is 26.7 Å². The van der Waals surface area contributed by atoms with Gasteiger partial charge in [0.05, 0.1) is 12.5 Å². The Balaban J connectivity index is 0.000000782. The smallest absolute Gasteiger partial charge is 0.235 e. The molecule has 1 aromatic carbocycles. The number of rotatable bonds is 4. The number of aliphatic imine (C=N–C) groups is 1. The van der Waals surface area contributed by atoms with Crippen molar-refractivity contribution in [3.63, 3.8) is 0 Å². The summed E-state index contributed by atoms with van der Waals surface area (Å²) in [6, 6.07) is 4.19. The summed E-state index contributed by atoms with van der Waals surface area (Å²) in [7, 11) is 1.55. The van der Waals surface area contributed by atoms with Gasteiger partial charge in [-0.1, -0.05) is 19.3 Å². The van der Waals surface area contributed by atoms with Crippen molar-refractivity contribution in [3.8, 4) is 5.75 Å². The number of guanidine groups is 1. The molecule has 30 heavy (non-hydrogen) atoms. The van der Waals surface area contributed by atoms with Crippen molar-refractivity contribution >= 4 is 11.9 Å². The number of hydrogen-bond donors (Lipinski definition) is 3. The zero-order valence-electron chi connectivity index (χ0n) is 17.0. The Hall–Kier alpha value is -3.07. The topological polar surface area (TPSA) is 129 Å². The molecule has 2 fully saturated rings. The van der Waals surface area contributed by atoms with Crippen molar-refractivity contribution in [2.24, 2.45) is 28.1 Å². The van der Waals surface area contributed by atoms with E-state index in [1.807, 2.05) is 0 Å². The van der Waals surface area contributed by atoms with Gasteiger partial charge in [0.2, 0.25) is 5.91 Å². The summed E-state index contributed by atoms with van der Waals surface area (Å²) in [4.78, 5) is 18.5. The van der Waals surface area contributed by atoms with Crippen molar-refractivity contribution in [2.75, 3.05) is 20.3 Å². The minimum absolute atomic E-state index is 0.0149. The molecule has 1 aliphatic carbocycles. The lowest BCUT2D eigenvalue weighted by molar-refractivity contribution is -0.140. The van der Waals surface area contributed by atoms with Crippen LogP contribution in [0, 0.1) is 11.7 Å². The molecule has 1 aromatic rings. The zero-order valence-corrected chi connectivity index (χ0v) is 17.0. The molecule has 8 nitrogen and oxygen atoms in total. The van der Waals surface area contributed by atoms with Crippen molar-refractivity contribution in [3.05, 3.63) is 53.8 Å². The van der Waals surface area contributed by atoms with Gasteiger partial charge in [-0.15, -0.1) is 0 Å². The SMILES string of the molecule is C1CC1.CN1C(=O)C2CCOCC2(c2cc(OC(/C=C\N)=C/N)ccc2F)N=C1N. The third kappa shape index (κ3) is 4.40. The molecule has 9 heteroatoms. The summed E-state index contributed by atoms with van der Waals surface area (Å²) in [6.07, 6.45) is 8.87. The van der Waals surface area contributed by atoms with Crippen LogP contribution in [0.2, 0.25) is 0 Å². The number of nitrogens with zero attached hydrogens (tertiary/aromatic N) is 2. The number of allylic oxidation sites excluding steroid dienone is 1. The van der Waals surface area contributed by atoms with Gasteiger partial charge >= 0.3 is 0 Å². The molecule has 6 N–H and O–H groups in total. The molecule has 162 valence electrons. The van der Waals surface area contributed by atoms with Crippen LogP contribution in [-0.4, -0.2) is 37.0 Å². The van der Waals surface area contributed by atoms with E-state index in [0.717, 1.165) is 0 Å². The molecule has 0 bridgehead atoms. The van der Waals surface area contributed by atoms with Crippen molar-refractivity contribution in [2.45, 2.75) is 31.2 Å². The van der Waals surface area contributed by atoms with E-state index >= 15 is 0 Å². The third-order valence-corrected chi connectivity index (χ3v) is 5.15. The van der Waals surface area contributed by atoms with Gasteiger partial charge in [-0.05, 0) is 36.9 Å². The molecule has 4 rings (SSSR count). The Labute approximate surface area is 175 Å². The van der Waals surface area contributed by atoms with E-state index in [-0.39, 0.29) is 29.8 Å². The molecule has 2 unspecified atom stereocenters. The number of carbonyl (C=O) groups is 1. The predicted octanol–water partition coefficient (Wildman–Crippen LogP) is 1.67. The van der Waals surface area contributed by atoms with Gasteiger partial charge in [0.1, 0.15) is 22.9 Å². The maximum atomic E-state index is 14.8. The Morgan fingerprint density at radius 3 is 2.73 bits per heavy atom. The summed E-state index contributed by atoms with van der Waals surface area (Å²) >= 11 is 0. The first-order valence-electron chi connectivity index (χ1n) is 9.91. The fraction of sp³-hybridized carbons (Fsp3) is 0.429. The minimum Gasteiger partial charge on any atom is -0.456 e. The highest BCUT2D eigenvalue weighted by Gasteiger charge is 2.52. The molecule has 0 aromatic heterocycles. The van der Waals surface area contributed by atoms with Crippen LogP contribution in [0.25, 0.3) is 0 Å². The molecule has 1 saturated heterocycles. The monoisotopic (exact) mass is 417 g/mol. The molecular weight excluding hydrogens is 389 g/mol. The second-order valence-electron chi connectivity index (χ2n) is 7.42. The molecule has 1 amide bonds. The number of nitrogens with two attached hydrogens (primary N) is 3. The highest BCUT2D eigenvalue weighted by molar-refractivity contribution is 6.00. The largest absolute Gasteiger partial charge is 0.456 e. The number of fused-ring (bicyclic) bond motifs is 1. The van der Waals surface area contributed by atoms with Crippen LogP contribution in [0.1, 0.15) is 31.2 Å². The van der Waals surface area contributed by atoms with Crippen LogP contribution in [0.4, 0.5) is 4.39 Å². The quantitative estimate of drug-likeness (QED) is 0.505. The van der Waals surface area contributed by atoms with Crippen LogP contribution < -0.4 is 21.9 Å². The molecule has 0 spiro atoms. The Bertz CT molecular complexity index is 881. The van der Waals surface area contributed by atoms with E-state index in [0.29, 0.717) is 18.8 Å². The molecule has 2 atom stereocenters. The summed E-state index contributed by atoms with van der Waals surface area (Å²) in [5.74, 6) is -0.709. The van der Waals surface area contributed by atoms with E-state index < -0.39 is 17.3 Å². The lowest BCUT2D eigenvalue weighted by atomic mass is 9.74. The van der Waals surface area contributed by atoms with E-state index in [9.17, 15) is 9.18 Å². The number of halogens is 1. The summed E-state index contributed by atoms with van der Waals surface area (Å²) in [6.45, 7) is 0.432.